The highest BCUT2D eigenvalue weighted by atomic mass is 127. The molecule has 3 aromatic rings. The van der Waals surface area contributed by atoms with E-state index in [2.05, 4.69) is 69.3 Å². The Morgan fingerprint density at radius 1 is 0.947 bits per heavy atom. The molecule has 3 nitrogen and oxygen atoms in total. The Hall–Kier alpha value is -1.69. The predicted octanol–water partition coefficient (Wildman–Crippen LogP) is 3.60. The first-order valence-corrected chi connectivity index (χ1v) is 7.09. The third kappa shape index (κ3) is 3.01. The first-order chi connectivity index (χ1) is 9.31. The third-order valence-electron chi connectivity index (χ3n) is 2.87. The van der Waals surface area contributed by atoms with Crippen LogP contribution in [0.15, 0.2) is 60.8 Å². The Morgan fingerprint density at radius 2 is 1.68 bits per heavy atom. The number of hydrogen-bond donors (Lipinski definition) is 0. The molecule has 0 aliphatic carbocycles. The molecule has 0 aliphatic heterocycles. The van der Waals surface area contributed by atoms with E-state index in [9.17, 15) is 0 Å². The molecule has 0 saturated heterocycles. The van der Waals surface area contributed by atoms with Gasteiger partial charge in [0.05, 0.1) is 12.7 Å². The lowest BCUT2D eigenvalue weighted by molar-refractivity contribution is 0.650. The van der Waals surface area contributed by atoms with Gasteiger partial charge in [-0.15, -0.1) is 5.10 Å². The Bertz CT molecular complexity index is 659. The summed E-state index contributed by atoms with van der Waals surface area (Å²) >= 11 is 2.29. The summed E-state index contributed by atoms with van der Waals surface area (Å²) in [6.45, 7) is 0.748. The van der Waals surface area contributed by atoms with E-state index in [1.54, 1.807) is 0 Å². The second-order valence-corrected chi connectivity index (χ2v) is 5.54. The summed E-state index contributed by atoms with van der Waals surface area (Å²) in [5.74, 6) is 0. The van der Waals surface area contributed by atoms with Crippen molar-refractivity contribution in [3.63, 3.8) is 0 Å². The molecule has 0 radical (unpaired) electrons. The lowest BCUT2D eigenvalue weighted by Gasteiger charge is -1.99. The van der Waals surface area contributed by atoms with Crippen molar-refractivity contribution < 1.29 is 0 Å². The van der Waals surface area contributed by atoms with Gasteiger partial charge >= 0.3 is 0 Å². The topological polar surface area (TPSA) is 30.7 Å². The maximum atomic E-state index is 4.22. The van der Waals surface area contributed by atoms with Gasteiger partial charge in [0.15, 0.2) is 0 Å². The van der Waals surface area contributed by atoms with Crippen LogP contribution in [0.3, 0.4) is 0 Å². The molecular weight excluding hydrogens is 349 g/mol. The van der Waals surface area contributed by atoms with Crippen LogP contribution in [0, 0.1) is 3.57 Å². The number of rotatable bonds is 3. The monoisotopic (exact) mass is 361 g/mol. The van der Waals surface area contributed by atoms with Crippen molar-refractivity contribution in [2.24, 2.45) is 0 Å². The second kappa shape index (κ2) is 5.52. The van der Waals surface area contributed by atoms with Crippen LogP contribution in [0.2, 0.25) is 0 Å². The maximum Gasteiger partial charge on any atom is 0.113 e. The minimum absolute atomic E-state index is 0.748. The molecule has 94 valence electrons. The van der Waals surface area contributed by atoms with Gasteiger partial charge in [-0.2, -0.15) is 0 Å². The smallest absolute Gasteiger partial charge is 0.113 e. The molecule has 4 heteroatoms. The largest absolute Gasteiger partial charge is 0.247 e. The van der Waals surface area contributed by atoms with E-state index in [0.717, 1.165) is 17.8 Å². The van der Waals surface area contributed by atoms with Crippen molar-refractivity contribution in [3.8, 4) is 11.3 Å². The summed E-state index contributed by atoms with van der Waals surface area (Å²) in [7, 11) is 0. The second-order valence-electron chi connectivity index (χ2n) is 4.29. The minimum Gasteiger partial charge on any atom is -0.247 e. The molecule has 0 bridgehead atoms. The van der Waals surface area contributed by atoms with Crippen molar-refractivity contribution in [1.29, 1.82) is 0 Å². The fourth-order valence-corrected chi connectivity index (χ4v) is 2.26. The molecular formula is C15H12IN3. The van der Waals surface area contributed by atoms with Gasteiger partial charge in [0, 0.05) is 9.13 Å². The van der Waals surface area contributed by atoms with Crippen LogP contribution >= 0.6 is 22.6 Å². The molecule has 1 aromatic heterocycles. The first kappa shape index (κ1) is 12.3. The maximum absolute atomic E-state index is 4.22. The molecule has 1 heterocycles. The summed E-state index contributed by atoms with van der Waals surface area (Å²) in [5.41, 5.74) is 3.23. The molecule has 3 rings (SSSR count). The SMILES string of the molecule is Ic1ccc(-c2cn(Cc3ccccc3)nn2)cc1. The van der Waals surface area contributed by atoms with E-state index >= 15 is 0 Å². The highest BCUT2D eigenvalue weighted by Crippen LogP contribution is 2.17. The summed E-state index contributed by atoms with van der Waals surface area (Å²) in [5, 5.41) is 8.40. The van der Waals surface area contributed by atoms with E-state index in [0.29, 0.717) is 0 Å². The van der Waals surface area contributed by atoms with Crippen LogP contribution in [0.4, 0.5) is 0 Å². The highest BCUT2D eigenvalue weighted by Gasteiger charge is 2.04. The molecule has 0 fully saturated rings. The summed E-state index contributed by atoms with van der Waals surface area (Å²) in [4.78, 5) is 0. The van der Waals surface area contributed by atoms with E-state index in [1.165, 1.54) is 9.13 Å². The molecule has 0 amide bonds. The van der Waals surface area contributed by atoms with Crippen LogP contribution in [-0.4, -0.2) is 15.0 Å². The first-order valence-electron chi connectivity index (χ1n) is 6.01. The normalized spacial score (nSPS) is 10.6. The average molecular weight is 361 g/mol. The van der Waals surface area contributed by atoms with Gasteiger partial charge in [0.2, 0.25) is 0 Å². The van der Waals surface area contributed by atoms with Crippen LogP contribution < -0.4 is 0 Å². The summed E-state index contributed by atoms with van der Waals surface area (Å²) in [6, 6.07) is 18.6. The molecule has 2 aromatic carbocycles. The van der Waals surface area contributed by atoms with Gasteiger partial charge in [-0.25, -0.2) is 4.68 Å². The van der Waals surface area contributed by atoms with Crippen LogP contribution in [-0.2, 0) is 6.54 Å². The minimum atomic E-state index is 0.748. The molecule has 0 unspecified atom stereocenters. The summed E-state index contributed by atoms with van der Waals surface area (Å²) in [6.07, 6.45) is 1.98. The average Bonchev–Trinajstić information content (AvgIpc) is 2.89. The van der Waals surface area contributed by atoms with Crippen LogP contribution in [0.1, 0.15) is 5.56 Å². The van der Waals surface area contributed by atoms with Crippen molar-refractivity contribution in [2.75, 3.05) is 0 Å². The van der Waals surface area contributed by atoms with Crippen molar-refractivity contribution in [2.45, 2.75) is 6.54 Å². The van der Waals surface area contributed by atoms with E-state index in [1.807, 2.05) is 29.1 Å². The number of benzene rings is 2. The van der Waals surface area contributed by atoms with Crippen molar-refractivity contribution in [1.82, 2.24) is 15.0 Å². The molecule has 19 heavy (non-hydrogen) atoms. The summed E-state index contributed by atoms with van der Waals surface area (Å²) < 4.78 is 3.08. The lowest BCUT2D eigenvalue weighted by atomic mass is 10.2. The zero-order valence-electron chi connectivity index (χ0n) is 10.2. The van der Waals surface area contributed by atoms with Gasteiger partial charge in [-0.3, -0.25) is 0 Å². The van der Waals surface area contributed by atoms with Crippen molar-refractivity contribution in [3.05, 3.63) is 69.9 Å². The van der Waals surface area contributed by atoms with E-state index in [4.69, 9.17) is 0 Å². The molecule has 0 aliphatic rings. The van der Waals surface area contributed by atoms with Gasteiger partial charge in [0.1, 0.15) is 5.69 Å². The highest BCUT2D eigenvalue weighted by molar-refractivity contribution is 14.1. The third-order valence-corrected chi connectivity index (χ3v) is 3.59. The zero-order chi connectivity index (χ0) is 13.1. The fourth-order valence-electron chi connectivity index (χ4n) is 1.90. The van der Waals surface area contributed by atoms with Gasteiger partial charge in [0.25, 0.3) is 0 Å². The Kier molecular flexibility index (Phi) is 3.59. The predicted molar refractivity (Wildman–Crippen MR) is 83.7 cm³/mol. The number of aromatic nitrogens is 3. The van der Waals surface area contributed by atoms with Gasteiger partial charge < -0.3 is 0 Å². The lowest BCUT2D eigenvalue weighted by Crippen LogP contribution is -1.99. The number of hydrogen-bond acceptors (Lipinski definition) is 2. The molecule has 0 spiro atoms. The molecule has 0 atom stereocenters. The van der Waals surface area contributed by atoms with E-state index < -0.39 is 0 Å². The van der Waals surface area contributed by atoms with Crippen LogP contribution in [0.5, 0.6) is 0 Å². The van der Waals surface area contributed by atoms with Crippen molar-refractivity contribution >= 4 is 22.6 Å². The zero-order valence-corrected chi connectivity index (χ0v) is 12.4. The van der Waals surface area contributed by atoms with Gasteiger partial charge in [-0.1, -0.05) is 47.7 Å². The molecule has 0 N–H and O–H groups in total. The molecule has 0 saturated carbocycles. The van der Waals surface area contributed by atoms with Gasteiger partial charge in [-0.05, 0) is 40.3 Å². The number of halogens is 1. The number of nitrogens with zero attached hydrogens (tertiary/aromatic N) is 3. The Labute approximate surface area is 125 Å². The fraction of sp³-hybridized carbons (Fsp3) is 0.0667. The Morgan fingerprint density at radius 3 is 2.42 bits per heavy atom. The quantitative estimate of drug-likeness (QED) is 0.668. The standard InChI is InChI=1S/C15H12IN3/c16-14-8-6-13(7-9-14)15-11-19(18-17-15)10-12-4-2-1-3-5-12/h1-9,11H,10H2. The van der Waals surface area contributed by atoms with Crippen LogP contribution in [0.25, 0.3) is 11.3 Å². The van der Waals surface area contributed by atoms with E-state index in [-0.39, 0.29) is 0 Å². The Balaban J connectivity index is 1.82.